The molecule has 5 rings (SSSR count). The summed E-state index contributed by atoms with van der Waals surface area (Å²) in [5.74, 6) is -0.944. The Morgan fingerprint density at radius 3 is 2.26 bits per heavy atom. The van der Waals surface area contributed by atoms with Crippen molar-refractivity contribution in [1.82, 2.24) is 4.31 Å². The SMILES string of the molecule is O=C1CC(N(C2CC2)S(=O)(=O)c2ccc3ccccc3c2)C(=O)N1c1ccc(Cl)cc1. The molecule has 1 heterocycles. The first kappa shape index (κ1) is 20.2. The maximum Gasteiger partial charge on any atom is 0.252 e. The molecule has 1 unspecified atom stereocenters. The van der Waals surface area contributed by atoms with Crippen LogP contribution in [-0.4, -0.2) is 36.6 Å². The Morgan fingerprint density at radius 1 is 0.903 bits per heavy atom. The van der Waals surface area contributed by atoms with E-state index in [1.807, 2.05) is 24.3 Å². The minimum Gasteiger partial charge on any atom is -0.274 e. The number of nitrogens with zero attached hydrogens (tertiary/aromatic N) is 2. The third-order valence-electron chi connectivity index (χ3n) is 5.72. The second-order valence-corrected chi connectivity index (χ2v) is 10.1. The van der Waals surface area contributed by atoms with Gasteiger partial charge in [0.15, 0.2) is 0 Å². The fraction of sp³-hybridized carbons (Fsp3) is 0.217. The number of rotatable bonds is 5. The zero-order valence-corrected chi connectivity index (χ0v) is 18.0. The summed E-state index contributed by atoms with van der Waals surface area (Å²) in [7, 11) is -3.97. The molecule has 1 aliphatic heterocycles. The quantitative estimate of drug-likeness (QED) is 0.546. The van der Waals surface area contributed by atoms with E-state index >= 15 is 0 Å². The number of fused-ring (bicyclic) bond motifs is 1. The molecule has 0 radical (unpaired) electrons. The largest absolute Gasteiger partial charge is 0.274 e. The van der Waals surface area contributed by atoms with Crippen molar-refractivity contribution in [2.45, 2.75) is 36.2 Å². The number of hydrogen-bond donors (Lipinski definition) is 0. The standard InChI is InChI=1S/C23H19ClN2O4S/c24-17-6-8-18(9-7-17)25-22(27)14-21(23(25)28)26(19-10-11-19)31(29,30)20-12-5-15-3-1-2-4-16(15)13-20/h1-9,12-13,19,21H,10-11,14H2. The van der Waals surface area contributed by atoms with Crippen LogP contribution in [0.4, 0.5) is 5.69 Å². The molecule has 0 aromatic heterocycles. The van der Waals surface area contributed by atoms with E-state index in [1.54, 1.807) is 42.5 Å². The van der Waals surface area contributed by atoms with Crippen LogP contribution in [0.3, 0.4) is 0 Å². The molecule has 158 valence electrons. The number of amides is 2. The van der Waals surface area contributed by atoms with Crippen LogP contribution < -0.4 is 4.90 Å². The molecule has 8 heteroatoms. The molecule has 6 nitrogen and oxygen atoms in total. The minimum absolute atomic E-state index is 0.128. The maximum absolute atomic E-state index is 13.6. The van der Waals surface area contributed by atoms with Gasteiger partial charge in [-0.15, -0.1) is 0 Å². The molecule has 1 atom stereocenters. The van der Waals surface area contributed by atoms with E-state index in [0.717, 1.165) is 15.7 Å². The number of imide groups is 1. The van der Waals surface area contributed by atoms with E-state index in [2.05, 4.69) is 0 Å². The first-order valence-corrected chi connectivity index (χ1v) is 11.8. The molecular weight excluding hydrogens is 436 g/mol. The predicted octanol–water partition coefficient (Wildman–Crippen LogP) is 3.98. The minimum atomic E-state index is -3.97. The van der Waals surface area contributed by atoms with E-state index < -0.39 is 27.9 Å². The van der Waals surface area contributed by atoms with E-state index in [9.17, 15) is 18.0 Å². The van der Waals surface area contributed by atoms with Crippen molar-refractivity contribution >= 4 is 49.9 Å². The number of halogens is 1. The van der Waals surface area contributed by atoms with Gasteiger partial charge in [-0.25, -0.2) is 13.3 Å². The highest BCUT2D eigenvalue weighted by atomic mass is 35.5. The Kier molecular flexibility index (Phi) is 4.84. The molecule has 1 saturated heterocycles. The molecule has 2 fully saturated rings. The van der Waals surface area contributed by atoms with E-state index in [1.165, 1.54) is 4.31 Å². The topological polar surface area (TPSA) is 74.8 Å². The van der Waals surface area contributed by atoms with Crippen molar-refractivity contribution < 1.29 is 18.0 Å². The molecule has 3 aromatic carbocycles. The van der Waals surface area contributed by atoms with E-state index in [-0.39, 0.29) is 17.4 Å². The van der Waals surface area contributed by atoms with Crippen LogP contribution in [0.15, 0.2) is 71.6 Å². The summed E-state index contributed by atoms with van der Waals surface area (Å²) in [6.07, 6.45) is 1.17. The monoisotopic (exact) mass is 454 g/mol. The Morgan fingerprint density at radius 2 is 1.58 bits per heavy atom. The van der Waals surface area contributed by atoms with Crippen LogP contribution in [-0.2, 0) is 19.6 Å². The van der Waals surface area contributed by atoms with Gasteiger partial charge < -0.3 is 0 Å². The summed E-state index contributed by atoms with van der Waals surface area (Å²) < 4.78 is 28.5. The molecule has 0 bridgehead atoms. The first-order valence-electron chi connectivity index (χ1n) is 10.0. The van der Waals surface area contributed by atoms with Crippen LogP contribution in [0, 0.1) is 0 Å². The van der Waals surface area contributed by atoms with Crippen molar-refractivity contribution in [2.75, 3.05) is 4.90 Å². The highest BCUT2D eigenvalue weighted by molar-refractivity contribution is 7.89. The number of carbonyl (C=O) groups excluding carboxylic acids is 2. The maximum atomic E-state index is 13.6. The highest BCUT2D eigenvalue weighted by Gasteiger charge is 2.51. The zero-order chi connectivity index (χ0) is 21.8. The van der Waals surface area contributed by atoms with Crippen molar-refractivity contribution in [3.63, 3.8) is 0 Å². The third kappa shape index (κ3) is 3.52. The smallest absolute Gasteiger partial charge is 0.252 e. The Labute approximate surface area is 185 Å². The number of anilines is 1. The summed E-state index contributed by atoms with van der Waals surface area (Å²) >= 11 is 5.91. The van der Waals surface area contributed by atoms with Gasteiger partial charge in [0, 0.05) is 11.1 Å². The highest BCUT2D eigenvalue weighted by Crippen LogP contribution is 2.38. The number of hydrogen-bond acceptors (Lipinski definition) is 4. The van der Waals surface area contributed by atoms with Crippen LogP contribution in [0.25, 0.3) is 10.8 Å². The van der Waals surface area contributed by atoms with Gasteiger partial charge in [-0.3, -0.25) is 9.59 Å². The first-order chi connectivity index (χ1) is 14.9. The Balaban J connectivity index is 1.52. The average molecular weight is 455 g/mol. The Bertz CT molecular complexity index is 1300. The lowest BCUT2D eigenvalue weighted by Crippen LogP contribution is -2.46. The second kappa shape index (κ2) is 7.44. The van der Waals surface area contributed by atoms with Gasteiger partial charge in [0.05, 0.1) is 17.0 Å². The van der Waals surface area contributed by atoms with Crippen molar-refractivity contribution in [2.24, 2.45) is 0 Å². The van der Waals surface area contributed by atoms with Crippen LogP contribution in [0.1, 0.15) is 19.3 Å². The molecular formula is C23H19ClN2O4S. The molecule has 31 heavy (non-hydrogen) atoms. The van der Waals surface area contributed by atoms with Crippen LogP contribution >= 0.6 is 11.6 Å². The van der Waals surface area contributed by atoms with Gasteiger partial charge in [0.2, 0.25) is 15.9 Å². The van der Waals surface area contributed by atoms with Gasteiger partial charge in [0.25, 0.3) is 5.91 Å². The molecule has 0 spiro atoms. The summed E-state index contributed by atoms with van der Waals surface area (Å²) in [6, 6.07) is 17.5. The summed E-state index contributed by atoms with van der Waals surface area (Å²) in [5.41, 5.74) is 0.390. The van der Waals surface area contributed by atoms with E-state index in [4.69, 9.17) is 11.6 Å². The lowest BCUT2D eigenvalue weighted by atomic mass is 10.1. The van der Waals surface area contributed by atoms with Gasteiger partial charge in [0.1, 0.15) is 6.04 Å². The number of sulfonamides is 1. The van der Waals surface area contributed by atoms with Gasteiger partial charge in [-0.1, -0.05) is 41.9 Å². The second-order valence-electron chi connectivity index (χ2n) is 7.84. The molecule has 2 amide bonds. The van der Waals surface area contributed by atoms with Crippen molar-refractivity contribution in [1.29, 1.82) is 0 Å². The molecule has 0 N–H and O–H groups in total. The predicted molar refractivity (Wildman–Crippen MR) is 118 cm³/mol. The summed E-state index contributed by atoms with van der Waals surface area (Å²) in [5, 5.41) is 2.22. The molecule has 1 saturated carbocycles. The lowest BCUT2D eigenvalue weighted by Gasteiger charge is -2.27. The number of benzene rings is 3. The van der Waals surface area contributed by atoms with Gasteiger partial charge >= 0.3 is 0 Å². The van der Waals surface area contributed by atoms with Crippen molar-refractivity contribution in [3.05, 3.63) is 71.8 Å². The average Bonchev–Trinajstić information content (AvgIpc) is 3.54. The van der Waals surface area contributed by atoms with Gasteiger partial charge in [-0.05, 0) is 60.0 Å². The van der Waals surface area contributed by atoms with Crippen LogP contribution in [0.2, 0.25) is 5.02 Å². The summed E-state index contributed by atoms with van der Waals surface area (Å²) in [6.45, 7) is 0. The lowest BCUT2D eigenvalue weighted by molar-refractivity contribution is -0.122. The number of carbonyl (C=O) groups is 2. The third-order valence-corrected chi connectivity index (χ3v) is 7.93. The molecule has 1 aliphatic carbocycles. The fourth-order valence-corrected chi connectivity index (χ4v) is 6.06. The van der Waals surface area contributed by atoms with Crippen molar-refractivity contribution in [3.8, 4) is 0 Å². The normalized spacial score (nSPS) is 19.5. The summed E-state index contributed by atoms with van der Waals surface area (Å²) in [4.78, 5) is 27.1. The Hall–Kier alpha value is -2.74. The van der Waals surface area contributed by atoms with E-state index in [0.29, 0.717) is 23.6 Å². The molecule has 3 aromatic rings. The zero-order valence-electron chi connectivity index (χ0n) is 16.4. The van der Waals surface area contributed by atoms with Gasteiger partial charge in [-0.2, -0.15) is 4.31 Å². The fourth-order valence-electron chi connectivity index (χ4n) is 4.07. The molecule has 2 aliphatic rings. The van der Waals surface area contributed by atoms with Crippen LogP contribution in [0.5, 0.6) is 0 Å².